The van der Waals surface area contributed by atoms with E-state index >= 15 is 0 Å². The van der Waals surface area contributed by atoms with E-state index in [1.807, 2.05) is 18.2 Å². The quantitative estimate of drug-likeness (QED) is 0.419. The molecule has 0 aliphatic rings. The molecule has 0 saturated carbocycles. The first-order valence-electron chi connectivity index (χ1n) is 3.77. The molecule has 0 atom stereocenters. The molecule has 1 aromatic carbocycles. The second-order valence-electron chi connectivity index (χ2n) is 2.64. The Kier molecular flexibility index (Phi) is 5.73. The van der Waals surface area contributed by atoms with Crippen LogP contribution in [0.3, 0.4) is 0 Å². The maximum absolute atomic E-state index is 3.68. The summed E-state index contributed by atoms with van der Waals surface area (Å²) < 4.78 is 2.48. The molecule has 0 aliphatic heterocycles. The van der Waals surface area contributed by atoms with Crippen LogP contribution in [0.1, 0.15) is 12.5 Å². The van der Waals surface area contributed by atoms with Gasteiger partial charge < -0.3 is 0 Å². The molecule has 78 valence electrons. The Morgan fingerprint density at radius 1 is 1.07 bits per heavy atom. The minimum atomic E-state index is -2.25. The number of rotatable bonds is 2. The SMILES string of the molecule is C/C(=C(\Br)c1ccccc1)[Te](Br)(Br)Br. The zero-order chi connectivity index (χ0) is 10.8. The van der Waals surface area contributed by atoms with E-state index in [1.165, 1.54) is 9.18 Å². The van der Waals surface area contributed by atoms with Crippen molar-refractivity contribution in [2.75, 3.05) is 0 Å². The van der Waals surface area contributed by atoms with Gasteiger partial charge in [-0.1, -0.05) is 0 Å². The summed E-state index contributed by atoms with van der Waals surface area (Å²) in [5.41, 5.74) is 1.21. The van der Waals surface area contributed by atoms with Crippen molar-refractivity contribution in [1.82, 2.24) is 0 Å². The summed E-state index contributed by atoms with van der Waals surface area (Å²) in [5.74, 6) is 0. The Morgan fingerprint density at radius 2 is 1.57 bits per heavy atom. The molecule has 1 rings (SSSR count). The fourth-order valence-electron chi connectivity index (χ4n) is 0.889. The van der Waals surface area contributed by atoms with Gasteiger partial charge in [-0.3, -0.25) is 0 Å². The first kappa shape index (κ1) is 13.7. The first-order valence-corrected chi connectivity index (χ1v) is 21.4. The van der Waals surface area contributed by atoms with Crippen LogP contribution in [0, 0.1) is 0 Å². The molecule has 0 nitrogen and oxygen atoms in total. The van der Waals surface area contributed by atoms with Gasteiger partial charge in [0.15, 0.2) is 0 Å². The Balaban J connectivity index is 3.12. The van der Waals surface area contributed by atoms with Crippen LogP contribution in [-0.2, 0) is 0 Å². The van der Waals surface area contributed by atoms with Gasteiger partial charge in [0.2, 0.25) is 0 Å². The molecular weight excluding hydrogens is 555 g/mol. The average molecular weight is 563 g/mol. The average Bonchev–Trinajstić information content (AvgIpc) is 2.15. The van der Waals surface area contributed by atoms with Crippen LogP contribution < -0.4 is 0 Å². The molecule has 0 amide bonds. The predicted octanol–water partition coefficient (Wildman–Crippen LogP) is 5.48. The standard InChI is InChI=1S/C9H8Br4Te/c1-7(14(11,12)13)9(10)8-5-3-2-4-6-8/h2-6H,1H3/b9-7+. The van der Waals surface area contributed by atoms with Gasteiger partial charge in [-0.2, -0.15) is 0 Å². The third-order valence-electron chi connectivity index (χ3n) is 1.68. The van der Waals surface area contributed by atoms with E-state index in [9.17, 15) is 0 Å². The number of hydrogen-bond donors (Lipinski definition) is 0. The van der Waals surface area contributed by atoms with Crippen LogP contribution in [0.5, 0.6) is 0 Å². The third-order valence-corrected chi connectivity index (χ3v) is 15.9. The van der Waals surface area contributed by atoms with E-state index in [0.29, 0.717) is 0 Å². The summed E-state index contributed by atoms with van der Waals surface area (Å²) in [5, 5.41) is 0. The fraction of sp³-hybridized carbons (Fsp3) is 0.111. The van der Waals surface area contributed by atoms with E-state index < -0.39 is 11.6 Å². The minimum absolute atomic E-state index is 1.16. The summed E-state index contributed by atoms with van der Waals surface area (Å²) in [6.45, 7) is 2.12. The molecular formula is C9H8Br4Te. The van der Waals surface area contributed by atoms with Gasteiger partial charge in [0.05, 0.1) is 0 Å². The monoisotopic (exact) mass is 562 g/mol. The molecule has 0 saturated heterocycles. The summed E-state index contributed by atoms with van der Waals surface area (Å²) in [6.07, 6.45) is 0. The molecule has 0 heterocycles. The Bertz CT molecular complexity index is 340. The van der Waals surface area contributed by atoms with Gasteiger partial charge in [-0.15, -0.1) is 0 Å². The van der Waals surface area contributed by atoms with Crippen molar-refractivity contribution in [3.05, 3.63) is 39.5 Å². The van der Waals surface area contributed by atoms with E-state index in [4.69, 9.17) is 0 Å². The van der Waals surface area contributed by atoms with Crippen LogP contribution in [0.25, 0.3) is 4.48 Å². The van der Waals surface area contributed by atoms with Gasteiger partial charge in [0.25, 0.3) is 0 Å². The molecule has 0 N–H and O–H groups in total. The number of allylic oxidation sites excluding steroid dienone is 1. The van der Waals surface area contributed by atoms with Crippen LogP contribution >= 0.6 is 54.2 Å². The van der Waals surface area contributed by atoms with Crippen molar-refractivity contribution in [2.45, 2.75) is 6.92 Å². The van der Waals surface area contributed by atoms with Crippen molar-refractivity contribution < 1.29 is 0 Å². The first-order chi connectivity index (χ1) is 6.43. The van der Waals surface area contributed by atoms with E-state index in [2.05, 4.69) is 73.3 Å². The zero-order valence-corrected chi connectivity index (χ0v) is 16.0. The summed E-state index contributed by atoms with van der Waals surface area (Å²) in [4.78, 5) is 0. The molecule has 0 radical (unpaired) electrons. The van der Waals surface area contributed by atoms with Crippen LogP contribution in [-0.4, -0.2) is 11.6 Å². The van der Waals surface area contributed by atoms with Crippen molar-refractivity contribution in [2.24, 2.45) is 0 Å². The maximum atomic E-state index is 3.68. The fourth-order valence-corrected chi connectivity index (χ4v) is 11.3. The van der Waals surface area contributed by atoms with Crippen LogP contribution in [0.15, 0.2) is 34.0 Å². The van der Waals surface area contributed by atoms with E-state index in [-0.39, 0.29) is 0 Å². The van der Waals surface area contributed by atoms with Crippen LogP contribution in [0.4, 0.5) is 0 Å². The molecule has 0 bridgehead atoms. The van der Waals surface area contributed by atoms with Crippen molar-refractivity contribution >= 4 is 70.2 Å². The molecule has 0 fully saturated rings. The van der Waals surface area contributed by atoms with Crippen molar-refractivity contribution in [3.63, 3.8) is 0 Å². The van der Waals surface area contributed by atoms with Gasteiger partial charge >= 0.3 is 117 Å². The van der Waals surface area contributed by atoms with Gasteiger partial charge in [0.1, 0.15) is 0 Å². The molecule has 5 heteroatoms. The Morgan fingerprint density at radius 3 is 2.00 bits per heavy atom. The topological polar surface area (TPSA) is 0 Å². The molecule has 1 aromatic rings. The number of halogens is 4. The van der Waals surface area contributed by atoms with Crippen molar-refractivity contribution in [1.29, 1.82) is 0 Å². The molecule has 0 aliphatic carbocycles. The second kappa shape index (κ2) is 5.84. The van der Waals surface area contributed by atoms with Crippen molar-refractivity contribution in [3.8, 4) is 0 Å². The normalized spacial score (nSPS) is 14.9. The van der Waals surface area contributed by atoms with Crippen LogP contribution in [0.2, 0.25) is 0 Å². The van der Waals surface area contributed by atoms with Gasteiger partial charge in [-0.25, -0.2) is 0 Å². The third kappa shape index (κ3) is 3.92. The molecule has 0 unspecified atom stereocenters. The zero-order valence-electron chi connectivity index (χ0n) is 7.31. The molecule has 0 spiro atoms. The molecule has 0 aromatic heterocycles. The molecule has 14 heavy (non-hydrogen) atoms. The second-order valence-corrected chi connectivity index (χ2v) is 44.5. The van der Waals surface area contributed by atoms with E-state index in [1.54, 1.807) is 0 Å². The predicted molar refractivity (Wildman–Crippen MR) is 80.5 cm³/mol. The summed E-state index contributed by atoms with van der Waals surface area (Å²) >= 11 is 12.4. The summed E-state index contributed by atoms with van der Waals surface area (Å²) in [7, 11) is 0. The Hall–Kier alpha value is 1.67. The number of benzene rings is 1. The van der Waals surface area contributed by atoms with Gasteiger partial charge in [-0.05, 0) is 0 Å². The Labute approximate surface area is 115 Å². The number of hydrogen-bond acceptors (Lipinski definition) is 0. The van der Waals surface area contributed by atoms with E-state index in [0.717, 1.165) is 4.48 Å². The summed E-state index contributed by atoms with van der Waals surface area (Å²) in [6, 6.07) is 10.3. The van der Waals surface area contributed by atoms with Gasteiger partial charge in [0, 0.05) is 0 Å².